The van der Waals surface area contributed by atoms with E-state index in [1.807, 2.05) is 38.1 Å². The molecule has 0 aliphatic carbocycles. The normalized spacial score (nSPS) is 11.2. The molecule has 0 unspecified atom stereocenters. The Morgan fingerprint density at radius 2 is 2.06 bits per heavy atom. The first kappa shape index (κ1) is 13.1. The Balaban J connectivity index is 2.47. The molecule has 0 saturated heterocycles. The van der Waals surface area contributed by atoms with E-state index in [1.165, 1.54) is 0 Å². The van der Waals surface area contributed by atoms with Gasteiger partial charge < -0.3 is 9.52 Å². The van der Waals surface area contributed by atoms with Gasteiger partial charge in [-0.1, -0.05) is 37.6 Å². The number of oxazole rings is 1. The van der Waals surface area contributed by atoms with Gasteiger partial charge in [0.25, 0.3) is 0 Å². The lowest BCUT2D eigenvalue weighted by molar-refractivity contribution is 0.297. The van der Waals surface area contributed by atoms with Crippen molar-refractivity contribution in [3.63, 3.8) is 0 Å². The Kier molecular flexibility index (Phi) is 4.04. The molecule has 1 heterocycles. The van der Waals surface area contributed by atoms with E-state index < -0.39 is 0 Å². The highest BCUT2D eigenvalue weighted by molar-refractivity contribution is 6.33. The van der Waals surface area contributed by atoms with Crippen molar-refractivity contribution >= 4 is 11.6 Å². The molecule has 1 aromatic heterocycles. The van der Waals surface area contributed by atoms with Crippen LogP contribution >= 0.6 is 11.6 Å². The van der Waals surface area contributed by atoms with Gasteiger partial charge in [-0.3, -0.25) is 0 Å². The number of benzene rings is 1. The molecule has 1 N–H and O–H groups in total. The fourth-order valence-electron chi connectivity index (χ4n) is 1.85. The summed E-state index contributed by atoms with van der Waals surface area (Å²) in [5.41, 5.74) is 1.59. The van der Waals surface area contributed by atoms with Crippen molar-refractivity contribution in [3.05, 3.63) is 40.7 Å². The van der Waals surface area contributed by atoms with Crippen LogP contribution in [0.4, 0.5) is 0 Å². The van der Waals surface area contributed by atoms with E-state index in [9.17, 15) is 0 Å². The number of hydrogen-bond acceptors (Lipinski definition) is 3. The van der Waals surface area contributed by atoms with Gasteiger partial charge in [-0.15, -0.1) is 0 Å². The van der Waals surface area contributed by atoms with Gasteiger partial charge in [0.15, 0.2) is 0 Å². The SMILES string of the molecule is CC(C)c1oc(-c2ccccc2Cl)nc1CCO. The first-order chi connectivity index (χ1) is 8.63. The maximum Gasteiger partial charge on any atom is 0.228 e. The van der Waals surface area contributed by atoms with E-state index in [-0.39, 0.29) is 12.5 Å². The average molecular weight is 266 g/mol. The van der Waals surface area contributed by atoms with Gasteiger partial charge in [0, 0.05) is 18.9 Å². The monoisotopic (exact) mass is 265 g/mol. The summed E-state index contributed by atoms with van der Waals surface area (Å²) in [5.74, 6) is 1.57. The maximum atomic E-state index is 9.05. The zero-order valence-corrected chi connectivity index (χ0v) is 11.2. The molecule has 0 bridgehead atoms. The van der Waals surface area contributed by atoms with Crippen molar-refractivity contribution in [2.45, 2.75) is 26.2 Å². The van der Waals surface area contributed by atoms with Crippen LogP contribution in [0.25, 0.3) is 11.5 Å². The smallest absolute Gasteiger partial charge is 0.228 e. The molecule has 3 nitrogen and oxygen atoms in total. The Morgan fingerprint density at radius 1 is 1.33 bits per heavy atom. The number of nitrogens with zero attached hydrogens (tertiary/aromatic N) is 1. The van der Waals surface area contributed by atoms with Crippen LogP contribution in [0.5, 0.6) is 0 Å². The summed E-state index contributed by atoms with van der Waals surface area (Å²) in [7, 11) is 0. The number of aliphatic hydroxyl groups excluding tert-OH is 1. The summed E-state index contributed by atoms with van der Waals surface area (Å²) in [5, 5.41) is 9.67. The van der Waals surface area contributed by atoms with Gasteiger partial charge in [0.1, 0.15) is 5.76 Å². The van der Waals surface area contributed by atoms with Crippen LogP contribution in [-0.4, -0.2) is 16.7 Å². The number of halogens is 1. The van der Waals surface area contributed by atoms with Crippen molar-refractivity contribution in [3.8, 4) is 11.5 Å². The Morgan fingerprint density at radius 3 is 2.67 bits per heavy atom. The second-order valence-corrected chi connectivity index (χ2v) is 4.85. The molecule has 0 amide bonds. The summed E-state index contributed by atoms with van der Waals surface area (Å²) in [6.07, 6.45) is 0.501. The van der Waals surface area contributed by atoms with Crippen LogP contribution in [0, 0.1) is 0 Å². The molecule has 0 aliphatic heterocycles. The zero-order chi connectivity index (χ0) is 13.1. The molecule has 0 atom stereocenters. The lowest BCUT2D eigenvalue weighted by atomic mass is 10.1. The molecule has 2 aromatic rings. The quantitative estimate of drug-likeness (QED) is 0.918. The first-order valence-corrected chi connectivity index (χ1v) is 6.36. The highest BCUT2D eigenvalue weighted by Crippen LogP contribution is 2.31. The fraction of sp³-hybridized carbons (Fsp3) is 0.357. The molecular formula is C14H16ClNO2. The lowest BCUT2D eigenvalue weighted by Crippen LogP contribution is -1.97. The molecule has 96 valence electrons. The van der Waals surface area contributed by atoms with Gasteiger partial charge >= 0.3 is 0 Å². The maximum absolute atomic E-state index is 9.05. The molecule has 0 spiro atoms. The highest BCUT2D eigenvalue weighted by atomic mass is 35.5. The summed E-state index contributed by atoms with van der Waals surface area (Å²) >= 11 is 6.13. The van der Waals surface area contributed by atoms with E-state index in [0.717, 1.165) is 17.0 Å². The minimum absolute atomic E-state index is 0.0637. The summed E-state index contributed by atoms with van der Waals surface area (Å²) in [4.78, 5) is 4.44. The molecular weight excluding hydrogens is 250 g/mol. The van der Waals surface area contributed by atoms with Crippen molar-refractivity contribution in [1.82, 2.24) is 4.98 Å². The standard InChI is InChI=1S/C14H16ClNO2/c1-9(2)13-12(7-8-17)16-14(18-13)10-5-3-4-6-11(10)15/h3-6,9,17H,7-8H2,1-2H3. The van der Waals surface area contributed by atoms with Crippen LogP contribution in [0.1, 0.15) is 31.2 Å². The number of rotatable bonds is 4. The van der Waals surface area contributed by atoms with Crippen molar-refractivity contribution < 1.29 is 9.52 Å². The van der Waals surface area contributed by atoms with E-state index >= 15 is 0 Å². The highest BCUT2D eigenvalue weighted by Gasteiger charge is 2.18. The van der Waals surface area contributed by atoms with Gasteiger partial charge in [-0.2, -0.15) is 0 Å². The summed E-state index contributed by atoms with van der Waals surface area (Å²) in [6, 6.07) is 7.45. The molecule has 2 rings (SSSR count). The predicted molar refractivity (Wildman–Crippen MR) is 71.8 cm³/mol. The Labute approximate surface area is 111 Å². The van der Waals surface area contributed by atoms with Crippen LogP contribution in [0.2, 0.25) is 5.02 Å². The van der Waals surface area contributed by atoms with E-state index in [2.05, 4.69) is 4.98 Å². The zero-order valence-electron chi connectivity index (χ0n) is 10.5. The van der Waals surface area contributed by atoms with Crippen LogP contribution in [0.3, 0.4) is 0 Å². The van der Waals surface area contributed by atoms with Gasteiger partial charge in [-0.05, 0) is 12.1 Å². The molecule has 0 saturated carbocycles. The third-order valence-corrected chi connectivity index (χ3v) is 3.03. The molecule has 0 fully saturated rings. The van der Waals surface area contributed by atoms with E-state index in [4.69, 9.17) is 21.1 Å². The molecule has 4 heteroatoms. The van der Waals surface area contributed by atoms with E-state index in [0.29, 0.717) is 17.3 Å². The largest absolute Gasteiger partial charge is 0.441 e. The first-order valence-electron chi connectivity index (χ1n) is 5.98. The topological polar surface area (TPSA) is 46.3 Å². The third kappa shape index (κ3) is 2.57. The predicted octanol–water partition coefficient (Wildman–Crippen LogP) is 3.65. The minimum Gasteiger partial charge on any atom is -0.441 e. The van der Waals surface area contributed by atoms with Gasteiger partial charge in [-0.25, -0.2) is 4.98 Å². The summed E-state index contributed by atoms with van der Waals surface area (Å²) in [6.45, 7) is 4.14. The molecule has 1 aromatic carbocycles. The van der Waals surface area contributed by atoms with E-state index in [1.54, 1.807) is 0 Å². The van der Waals surface area contributed by atoms with Gasteiger partial charge in [0.05, 0.1) is 16.3 Å². The fourth-order valence-corrected chi connectivity index (χ4v) is 2.07. The minimum atomic E-state index is 0.0637. The Bertz CT molecular complexity index is 534. The Hall–Kier alpha value is -1.32. The second kappa shape index (κ2) is 5.55. The van der Waals surface area contributed by atoms with Crippen LogP contribution < -0.4 is 0 Å². The molecule has 0 radical (unpaired) electrons. The average Bonchev–Trinajstić information content (AvgIpc) is 2.74. The summed E-state index contributed by atoms with van der Waals surface area (Å²) < 4.78 is 5.79. The van der Waals surface area contributed by atoms with Crippen molar-refractivity contribution in [2.24, 2.45) is 0 Å². The van der Waals surface area contributed by atoms with Crippen molar-refractivity contribution in [2.75, 3.05) is 6.61 Å². The number of hydrogen-bond donors (Lipinski definition) is 1. The lowest BCUT2D eigenvalue weighted by Gasteiger charge is -2.01. The second-order valence-electron chi connectivity index (χ2n) is 4.44. The van der Waals surface area contributed by atoms with Crippen LogP contribution in [-0.2, 0) is 6.42 Å². The number of aliphatic hydroxyl groups is 1. The number of aromatic nitrogens is 1. The van der Waals surface area contributed by atoms with Crippen molar-refractivity contribution in [1.29, 1.82) is 0 Å². The molecule has 0 aliphatic rings. The molecule has 18 heavy (non-hydrogen) atoms. The van der Waals surface area contributed by atoms with Gasteiger partial charge in [0.2, 0.25) is 5.89 Å². The third-order valence-electron chi connectivity index (χ3n) is 2.70. The van der Waals surface area contributed by atoms with Crippen LogP contribution in [0.15, 0.2) is 28.7 Å².